The van der Waals surface area contributed by atoms with Gasteiger partial charge in [0.1, 0.15) is 5.54 Å². The Balaban J connectivity index is 1.78. The van der Waals surface area contributed by atoms with Crippen LogP contribution in [0.3, 0.4) is 0 Å². The lowest BCUT2D eigenvalue weighted by Gasteiger charge is -2.28. The van der Waals surface area contributed by atoms with Crippen LogP contribution in [0.5, 0.6) is 0 Å². The Morgan fingerprint density at radius 1 is 1.19 bits per heavy atom. The molecule has 0 bridgehead atoms. The van der Waals surface area contributed by atoms with E-state index in [4.69, 9.17) is 0 Å². The minimum absolute atomic E-state index is 0.0673. The number of amides is 3. The number of likely N-dealkylation sites (tertiary alicyclic amines) is 1. The van der Waals surface area contributed by atoms with Gasteiger partial charge < -0.3 is 4.90 Å². The second-order valence-electron chi connectivity index (χ2n) is 6.12. The number of hydrogen-bond donors (Lipinski definition) is 0. The molecule has 0 saturated carbocycles. The standard InChI is InChI=1S/C16H21N3O2/c1-12-6-4-5-7-13(12)10-19-9-8-16(11-19)14(20)17(2)15(21)18(16)3/h4-7H,8-11H2,1-3H3/t16-/m0/s1. The van der Waals surface area contributed by atoms with Gasteiger partial charge in [-0.25, -0.2) is 4.79 Å². The van der Waals surface area contributed by atoms with E-state index in [1.807, 2.05) is 12.1 Å². The molecule has 112 valence electrons. The molecule has 5 heteroatoms. The van der Waals surface area contributed by atoms with E-state index in [1.54, 1.807) is 19.0 Å². The third-order valence-corrected chi connectivity index (χ3v) is 4.90. The average molecular weight is 287 g/mol. The Morgan fingerprint density at radius 2 is 1.90 bits per heavy atom. The van der Waals surface area contributed by atoms with E-state index in [-0.39, 0.29) is 11.9 Å². The van der Waals surface area contributed by atoms with Crippen LogP contribution >= 0.6 is 0 Å². The lowest BCUT2D eigenvalue weighted by atomic mass is 9.97. The predicted molar refractivity (Wildman–Crippen MR) is 79.7 cm³/mol. The van der Waals surface area contributed by atoms with E-state index in [0.29, 0.717) is 13.0 Å². The first-order valence-electron chi connectivity index (χ1n) is 7.28. The zero-order valence-electron chi connectivity index (χ0n) is 12.8. The normalized spacial score (nSPS) is 26.4. The molecular weight excluding hydrogens is 266 g/mol. The zero-order valence-corrected chi connectivity index (χ0v) is 12.8. The van der Waals surface area contributed by atoms with E-state index in [1.165, 1.54) is 16.0 Å². The molecule has 0 aromatic heterocycles. The summed E-state index contributed by atoms with van der Waals surface area (Å²) in [4.78, 5) is 29.6. The highest BCUT2D eigenvalue weighted by atomic mass is 16.2. The molecule has 2 fully saturated rings. The molecule has 0 N–H and O–H groups in total. The summed E-state index contributed by atoms with van der Waals surface area (Å²) in [7, 11) is 3.31. The summed E-state index contributed by atoms with van der Waals surface area (Å²) in [5.41, 5.74) is 1.88. The van der Waals surface area contributed by atoms with Crippen molar-refractivity contribution in [2.45, 2.75) is 25.4 Å². The van der Waals surface area contributed by atoms with Crippen LogP contribution in [-0.4, -0.2) is 59.4 Å². The van der Waals surface area contributed by atoms with Crippen LogP contribution in [0.2, 0.25) is 0 Å². The molecule has 3 amide bonds. The molecule has 3 rings (SSSR count). The van der Waals surface area contributed by atoms with Crippen LogP contribution in [-0.2, 0) is 11.3 Å². The number of likely N-dealkylation sites (N-methyl/N-ethyl adjacent to an activating group) is 2. The molecule has 2 aliphatic rings. The van der Waals surface area contributed by atoms with Crippen molar-refractivity contribution in [2.24, 2.45) is 0 Å². The second-order valence-corrected chi connectivity index (χ2v) is 6.12. The summed E-state index contributed by atoms with van der Waals surface area (Å²) >= 11 is 0. The van der Waals surface area contributed by atoms with Crippen molar-refractivity contribution in [3.63, 3.8) is 0 Å². The molecule has 1 aromatic carbocycles. The maximum Gasteiger partial charge on any atom is 0.327 e. The quantitative estimate of drug-likeness (QED) is 0.774. The van der Waals surface area contributed by atoms with Crippen molar-refractivity contribution in [1.29, 1.82) is 0 Å². The fourth-order valence-corrected chi connectivity index (χ4v) is 3.43. The maximum atomic E-state index is 12.5. The SMILES string of the molecule is Cc1ccccc1CN1CC[C@]2(C1)C(=O)N(C)C(=O)N2C. The average Bonchev–Trinajstić information content (AvgIpc) is 2.96. The van der Waals surface area contributed by atoms with Gasteiger partial charge in [-0.3, -0.25) is 14.6 Å². The smallest absolute Gasteiger partial charge is 0.311 e. The summed E-state index contributed by atoms with van der Waals surface area (Å²) in [6.07, 6.45) is 0.713. The lowest BCUT2D eigenvalue weighted by Crippen LogP contribution is -2.49. The number of carbonyl (C=O) groups is 2. The molecule has 0 unspecified atom stereocenters. The van der Waals surface area contributed by atoms with E-state index in [9.17, 15) is 9.59 Å². The first kappa shape index (κ1) is 14.1. The Labute approximate surface area is 125 Å². The van der Waals surface area contributed by atoms with Gasteiger partial charge in [-0.15, -0.1) is 0 Å². The summed E-state index contributed by atoms with van der Waals surface area (Å²) in [5, 5.41) is 0. The molecule has 21 heavy (non-hydrogen) atoms. The number of nitrogens with zero attached hydrogens (tertiary/aromatic N) is 3. The predicted octanol–water partition coefficient (Wildman–Crippen LogP) is 1.46. The maximum absolute atomic E-state index is 12.5. The third-order valence-electron chi connectivity index (χ3n) is 4.90. The summed E-state index contributed by atoms with van der Waals surface area (Å²) in [5.74, 6) is -0.0673. The van der Waals surface area contributed by atoms with Gasteiger partial charge >= 0.3 is 6.03 Å². The third kappa shape index (κ3) is 2.03. The number of carbonyl (C=O) groups excluding carboxylic acids is 2. The molecule has 1 atom stereocenters. The van der Waals surface area contributed by atoms with Gasteiger partial charge in [0.05, 0.1) is 0 Å². The highest BCUT2D eigenvalue weighted by molar-refractivity contribution is 6.07. The van der Waals surface area contributed by atoms with Gasteiger partial charge in [0, 0.05) is 33.7 Å². The number of imide groups is 1. The molecule has 0 radical (unpaired) electrons. The van der Waals surface area contributed by atoms with Crippen LogP contribution in [0, 0.1) is 6.92 Å². The van der Waals surface area contributed by atoms with E-state index in [2.05, 4.69) is 24.0 Å². The Hall–Kier alpha value is -1.88. The van der Waals surface area contributed by atoms with Gasteiger partial charge in [0.15, 0.2) is 0 Å². The first-order valence-corrected chi connectivity index (χ1v) is 7.28. The molecule has 2 saturated heterocycles. The molecule has 1 spiro atoms. The summed E-state index contributed by atoms with van der Waals surface area (Å²) in [6, 6.07) is 8.10. The van der Waals surface area contributed by atoms with Gasteiger partial charge in [0.2, 0.25) is 0 Å². The molecule has 0 aliphatic carbocycles. The number of benzene rings is 1. The minimum atomic E-state index is -0.658. The van der Waals surface area contributed by atoms with Crippen molar-refractivity contribution in [1.82, 2.24) is 14.7 Å². The molecular formula is C16H21N3O2. The van der Waals surface area contributed by atoms with Crippen molar-refractivity contribution in [3.05, 3.63) is 35.4 Å². The Kier molecular flexibility index (Phi) is 3.24. The van der Waals surface area contributed by atoms with E-state index < -0.39 is 5.54 Å². The Morgan fingerprint density at radius 3 is 2.52 bits per heavy atom. The highest BCUT2D eigenvalue weighted by Crippen LogP contribution is 2.35. The van der Waals surface area contributed by atoms with Crippen LogP contribution in [0.1, 0.15) is 17.5 Å². The number of hydrogen-bond acceptors (Lipinski definition) is 3. The molecule has 5 nitrogen and oxygen atoms in total. The van der Waals surface area contributed by atoms with Crippen molar-refractivity contribution in [2.75, 3.05) is 27.2 Å². The van der Waals surface area contributed by atoms with Crippen LogP contribution in [0.15, 0.2) is 24.3 Å². The largest absolute Gasteiger partial charge is 0.327 e. The van der Waals surface area contributed by atoms with Crippen molar-refractivity contribution < 1.29 is 9.59 Å². The zero-order chi connectivity index (χ0) is 15.2. The van der Waals surface area contributed by atoms with E-state index in [0.717, 1.165) is 13.1 Å². The van der Waals surface area contributed by atoms with Gasteiger partial charge in [-0.05, 0) is 24.5 Å². The molecule has 2 aliphatic heterocycles. The van der Waals surface area contributed by atoms with Gasteiger partial charge in [0.25, 0.3) is 5.91 Å². The topological polar surface area (TPSA) is 43.9 Å². The van der Waals surface area contributed by atoms with Crippen LogP contribution in [0.4, 0.5) is 4.79 Å². The van der Waals surface area contributed by atoms with Gasteiger partial charge in [-0.1, -0.05) is 24.3 Å². The van der Waals surface area contributed by atoms with Crippen molar-refractivity contribution >= 4 is 11.9 Å². The van der Waals surface area contributed by atoms with Crippen molar-refractivity contribution in [3.8, 4) is 0 Å². The molecule has 2 heterocycles. The number of urea groups is 1. The van der Waals surface area contributed by atoms with Crippen LogP contribution < -0.4 is 0 Å². The summed E-state index contributed by atoms with van der Waals surface area (Å²) < 4.78 is 0. The number of rotatable bonds is 2. The highest BCUT2D eigenvalue weighted by Gasteiger charge is 2.57. The fraction of sp³-hybridized carbons (Fsp3) is 0.500. The van der Waals surface area contributed by atoms with Gasteiger partial charge in [-0.2, -0.15) is 0 Å². The minimum Gasteiger partial charge on any atom is -0.311 e. The second kappa shape index (κ2) is 4.84. The molecule has 1 aromatic rings. The number of aryl methyl sites for hydroxylation is 1. The fourth-order valence-electron chi connectivity index (χ4n) is 3.43. The lowest BCUT2D eigenvalue weighted by molar-refractivity contribution is -0.131. The Bertz CT molecular complexity index is 601. The van der Waals surface area contributed by atoms with Crippen LogP contribution in [0.25, 0.3) is 0 Å². The summed E-state index contributed by atoms with van der Waals surface area (Å²) in [6.45, 7) is 4.39. The monoisotopic (exact) mass is 287 g/mol. The first-order chi connectivity index (χ1) is 9.95. The van der Waals surface area contributed by atoms with E-state index >= 15 is 0 Å².